The first-order valence-corrected chi connectivity index (χ1v) is 4.96. The van der Waals surface area contributed by atoms with Crippen LogP contribution in [0.1, 0.15) is 5.56 Å². The Kier molecular flexibility index (Phi) is 3.94. The molecule has 0 amide bonds. The Bertz CT molecular complexity index is 372. The number of ether oxygens (including phenoxy) is 1. The minimum absolute atomic E-state index is 0.748. The summed E-state index contributed by atoms with van der Waals surface area (Å²) in [6.45, 7) is 0. The second-order valence-corrected chi connectivity index (χ2v) is 3.61. The molecule has 74 valence electrons. The highest BCUT2D eigenvalue weighted by Gasteiger charge is 2.02. The molecule has 0 bridgehead atoms. The summed E-state index contributed by atoms with van der Waals surface area (Å²) in [5.41, 5.74) is 0.840. The molecule has 1 N–H and O–H groups in total. The lowest BCUT2D eigenvalue weighted by atomic mass is 10.2. The van der Waals surface area contributed by atoms with Gasteiger partial charge in [0.15, 0.2) is 0 Å². The van der Waals surface area contributed by atoms with Crippen molar-refractivity contribution < 1.29 is 14.6 Å². The molecule has 0 fully saturated rings. The van der Waals surface area contributed by atoms with Crippen LogP contribution in [0.4, 0.5) is 0 Å². The Morgan fingerprint density at radius 3 is 2.86 bits per heavy atom. The van der Waals surface area contributed by atoms with E-state index in [1.807, 2.05) is 18.2 Å². The number of hydrogen-bond donors (Lipinski definition) is 1. The van der Waals surface area contributed by atoms with Gasteiger partial charge in [-0.3, -0.25) is 0 Å². The summed E-state index contributed by atoms with van der Waals surface area (Å²) in [6, 6.07) is 5.49. The molecular weight excluding hydrogens is 295 g/mol. The average Bonchev–Trinajstić information content (AvgIpc) is 2.16. The summed E-state index contributed by atoms with van der Waals surface area (Å²) in [5.74, 6) is -0.207. The third kappa shape index (κ3) is 2.73. The van der Waals surface area contributed by atoms with E-state index in [1.165, 1.54) is 0 Å². The van der Waals surface area contributed by atoms with E-state index in [4.69, 9.17) is 9.84 Å². The van der Waals surface area contributed by atoms with Crippen LogP contribution in [0.25, 0.3) is 6.08 Å². The van der Waals surface area contributed by atoms with Crippen LogP contribution in [-0.2, 0) is 4.79 Å². The predicted octanol–water partition coefficient (Wildman–Crippen LogP) is 2.40. The quantitative estimate of drug-likeness (QED) is 0.689. The van der Waals surface area contributed by atoms with E-state index in [1.54, 1.807) is 13.2 Å². The van der Waals surface area contributed by atoms with Crippen LogP contribution in [0.3, 0.4) is 0 Å². The zero-order valence-corrected chi connectivity index (χ0v) is 9.69. The lowest BCUT2D eigenvalue weighted by Gasteiger charge is -2.04. The Hall–Kier alpha value is -1.04. The third-order valence-corrected chi connectivity index (χ3v) is 2.77. The van der Waals surface area contributed by atoms with E-state index in [0.29, 0.717) is 0 Å². The van der Waals surface area contributed by atoms with Crippen molar-refractivity contribution >= 4 is 34.6 Å². The van der Waals surface area contributed by atoms with Crippen molar-refractivity contribution in [1.29, 1.82) is 0 Å². The number of carboxylic acids is 1. The van der Waals surface area contributed by atoms with E-state index < -0.39 is 5.97 Å². The highest BCUT2D eigenvalue weighted by Crippen LogP contribution is 2.24. The molecule has 1 aromatic carbocycles. The maximum absolute atomic E-state index is 10.3. The number of carbonyl (C=O) groups is 1. The lowest BCUT2D eigenvalue weighted by molar-refractivity contribution is -0.131. The molecule has 14 heavy (non-hydrogen) atoms. The van der Waals surface area contributed by atoms with Gasteiger partial charge in [0, 0.05) is 6.08 Å². The van der Waals surface area contributed by atoms with E-state index in [0.717, 1.165) is 21.0 Å². The van der Waals surface area contributed by atoms with Gasteiger partial charge in [0.2, 0.25) is 0 Å². The molecule has 0 aliphatic carbocycles. The van der Waals surface area contributed by atoms with E-state index >= 15 is 0 Å². The molecule has 0 unspecified atom stereocenters. The summed E-state index contributed by atoms with van der Waals surface area (Å²) in [7, 11) is 1.59. The topological polar surface area (TPSA) is 46.5 Å². The zero-order chi connectivity index (χ0) is 10.6. The van der Waals surface area contributed by atoms with Crippen molar-refractivity contribution in [2.45, 2.75) is 0 Å². The maximum atomic E-state index is 10.3. The summed E-state index contributed by atoms with van der Waals surface area (Å²) in [6.07, 6.45) is 2.66. The SMILES string of the molecule is COc1cccc(/C=C/C(=O)O)c1I. The molecule has 0 saturated carbocycles. The fraction of sp³-hybridized carbons (Fsp3) is 0.100. The van der Waals surface area contributed by atoms with Crippen LogP contribution in [0.5, 0.6) is 5.75 Å². The van der Waals surface area contributed by atoms with Crippen molar-refractivity contribution in [3.63, 3.8) is 0 Å². The van der Waals surface area contributed by atoms with Gasteiger partial charge in [-0.25, -0.2) is 4.79 Å². The molecule has 0 heterocycles. The fourth-order valence-electron chi connectivity index (χ4n) is 0.975. The van der Waals surface area contributed by atoms with Gasteiger partial charge in [-0.05, 0) is 40.3 Å². The van der Waals surface area contributed by atoms with Gasteiger partial charge in [0.25, 0.3) is 0 Å². The molecule has 4 heteroatoms. The summed E-state index contributed by atoms with van der Waals surface area (Å²) < 4.78 is 6.01. The number of aliphatic carboxylic acids is 1. The Labute approximate surface area is 95.5 Å². The third-order valence-electron chi connectivity index (χ3n) is 1.62. The standard InChI is InChI=1S/C10H9IO3/c1-14-8-4-2-3-7(10(8)11)5-6-9(12)13/h2-6H,1H3,(H,12,13)/b6-5+. The van der Waals surface area contributed by atoms with E-state index in [-0.39, 0.29) is 0 Å². The van der Waals surface area contributed by atoms with E-state index in [9.17, 15) is 4.79 Å². The molecule has 1 rings (SSSR count). The van der Waals surface area contributed by atoms with Crippen LogP contribution < -0.4 is 4.74 Å². The highest BCUT2D eigenvalue weighted by molar-refractivity contribution is 14.1. The van der Waals surface area contributed by atoms with Crippen molar-refractivity contribution in [2.24, 2.45) is 0 Å². The van der Waals surface area contributed by atoms with Crippen LogP contribution in [0.15, 0.2) is 24.3 Å². The largest absolute Gasteiger partial charge is 0.496 e. The van der Waals surface area contributed by atoms with Crippen LogP contribution >= 0.6 is 22.6 Å². The zero-order valence-electron chi connectivity index (χ0n) is 7.53. The first kappa shape index (κ1) is 11.0. The normalized spacial score (nSPS) is 10.4. The number of halogens is 1. The Morgan fingerprint density at radius 2 is 2.29 bits per heavy atom. The van der Waals surface area contributed by atoms with Gasteiger partial charge < -0.3 is 9.84 Å². The van der Waals surface area contributed by atoms with Crippen LogP contribution in [0, 0.1) is 3.57 Å². The van der Waals surface area contributed by atoms with Crippen molar-refractivity contribution in [2.75, 3.05) is 7.11 Å². The van der Waals surface area contributed by atoms with Crippen molar-refractivity contribution in [3.8, 4) is 5.75 Å². The molecule has 0 aliphatic heterocycles. The number of benzene rings is 1. The van der Waals surface area contributed by atoms with Gasteiger partial charge in [-0.2, -0.15) is 0 Å². The molecule has 3 nitrogen and oxygen atoms in total. The monoisotopic (exact) mass is 304 g/mol. The first-order chi connectivity index (χ1) is 6.65. The number of hydrogen-bond acceptors (Lipinski definition) is 2. The summed E-state index contributed by atoms with van der Waals surface area (Å²) in [5, 5.41) is 8.47. The van der Waals surface area contributed by atoms with E-state index in [2.05, 4.69) is 22.6 Å². The molecule has 0 spiro atoms. The van der Waals surface area contributed by atoms with Crippen LogP contribution in [-0.4, -0.2) is 18.2 Å². The molecule has 1 aromatic rings. The number of carboxylic acid groups (broad SMARTS) is 1. The summed E-state index contributed by atoms with van der Waals surface area (Å²) >= 11 is 2.12. The highest BCUT2D eigenvalue weighted by atomic mass is 127. The Morgan fingerprint density at radius 1 is 1.57 bits per heavy atom. The lowest BCUT2D eigenvalue weighted by Crippen LogP contribution is -1.90. The predicted molar refractivity (Wildman–Crippen MR) is 62.4 cm³/mol. The minimum atomic E-state index is -0.955. The molecule has 0 aliphatic rings. The molecule has 0 aromatic heterocycles. The first-order valence-electron chi connectivity index (χ1n) is 3.88. The fourth-order valence-corrected chi connectivity index (χ4v) is 1.73. The van der Waals surface area contributed by atoms with Gasteiger partial charge >= 0.3 is 5.97 Å². The Balaban J connectivity index is 3.03. The van der Waals surface area contributed by atoms with Gasteiger partial charge in [0.1, 0.15) is 5.75 Å². The molecule has 0 saturated heterocycles. The smallest absolute Gasteiger partial charge is 0.328 e. The number of methoxy groups -OCH3 is 1. The maximum Gasteiger partial charge on any atom is 0.328 e. The second-order valence-electron chi connectivity index (χ2n) is 2.54. The molecular formula is C10H9IO3. The average molecular weight is 304 g/mol. The number of rotatable bonds is 3. The van der Waals surface area contributed by atoms with Crippen LogP contribution in [0.2, 0.25) is 0 Å². The molecule has 0 atom stereocenters. The minimum Gasteiger partial charge on any atom is -0.496 e. The van der Waals surface area contributed by atoms with Gasteiger partial charge in [0.05, 0.1) is 10.7 Å². The molecule has 0 radical (unpaired) electrons. The second kappa shape index (κ2) is 4.99. The van der Waals surface area contributed by atoms with Gasteiger partial charge in [-0.15, -0.1) is 0 Å². The summed E-state index contributed by atoms with van der Waals surface area (Å²) in [4.78, 5) is 10.3. The van der Waals surface area contributed by atoms with Crippen molar-refractivity contribution in [1.82, 2.24) is 0 Å². The van der Waals surface area contributed by atoms with Gasteiger partial charge in [-0.1, -0.05) is 12.1 Å². The van der Waals surface area contributed by atoms with Crippen molar-refractivity contribution in [3.05, 3.63) is 33.4 Å².